The molecule has 1 heteroatoms. The normalized spacial score (nSPS) is 13.1. The molecule has 1 aromatic rings. The molecule has 0 nitrogen and oxygen atoms in total. The van der Waals surface area contributed by atoms with Crippen molar-refractivity contribution in [2.75, 3.05) is 0 Å². The average molecular weight is 239 g/mol. The van der Waals surface area contributed by atoms with Crippen molar-refractivity contribution in [3.05, 3.63) is 34.9 Å². The highest BCUT2D eigenvalue weighted by Crippen LogP contribution is 2.20. The lowest BCUT2D eigenvalue weighted by atomic mass is 9.96. The van der Waals surface area contributed by atoms with Crippen molar-refractivity contribution in [2.24, 2.45) is 5.92 Å². The summed E-state index contributed by atoms with van der Waals surface area (Å²) in [5.74, 6) is 0.583. The van der Waals surface area contributed by atoms with Crippen LogP contribution in [0, 0.1) is 19.8 Å². The molecule has 0 spiro atoms. The van der Waals surface area contributed by atoms with Gasteiger partial charge in [-0.3, -0.25) is 0 Å². The van der Waals surface area contributed by atoms with Crippen LogP contribution in [0.1, 0.15) is 43.4 Å². The predicted molar refractivity (Wildman–Crippen MR) is 73.3 cm³/mol. The number of rotatable bonds is 5. The van der Waals surface area contributed by atoms with Gasteiger partial charge in [-0.15, -0.1) is 11.6 Å². The largest absolute Gasteiger partial charge is 0.123 e. The van der Waals surface area contributed by atoms with Crippen LogP contribution in [0.25, 0.3) is 0 Å². The van der Waals surface area contributed by atoms with Gasteiger partial charge in [0.1, 0.15) is 0 Å². The number of alkyl halides is 1. The Morgan fingerprint density at radius 1 is 1.12 bits per heavy atom. The Bertz CT molecular complexity index is 308. The first kappa shape index (κ1) is 13.6. The minimum Gasteiger partial charge on any atom is -0.123 e. The Balaban J connectivity index is 2.49. The van der Waals surface area contributed by atoms with E-state index >= 15 is 0 Å². The molecule has 0 aromatic heterocycles. The van der Waals surface area contributed by atoms with Crippen LogP contribution in [0.3, 0.4) is 0 Å². The lowest BCUT2D eigenvalue weighted by molar-refractivity contribution is 0.546. The van der Waals surface area contributed by atoms with Crippen molar-refractivity contribution in [3.63, 3.8) is 0 Å². The first-order chi connectivity index (χ1) is 7.52. The van der Waals surface area contributed by atoms with E-state index in [1.54, 1.807) is 0 Å². The fraction of sp³-hybridized carbons (Fsp3) is 0.600. The van der Waals surface area contributed by atoms with Gasteiger partial charge in [-0.25, -0.2) is 0 Å². The Morgan fingerprint density at radius 3 is 2.19 bits per heavy atom. The lowest BCUT2D eigenvalue weighted by Gasteiger charge is -2.14. The quantitative estimate of drug-likeness (QED) is 0.641. The number of halogens is 1. The molecule has 90 valence electrons. The summed E-state index contributed by atoms with van der Waals surface area (Å²) in [4.78, 5) is 0. The molecule has 16 heavy (non-hydrogen) atoms. The van der Waals surface area contributed by atoms with E-state index in [2.05, 4.69) is 45.9 Å². The van der Waals surface area contributed by atoms with Crippen LogP contribution in [0.4, 0.5) is 0 Å². The maximum Gasteiger partial charge on any atom is 0.0359 e. The first-order valence-electron chi connectivity index (χ1n) is 6.21. The second kappa shape index (κ2) is 6.30. The molecule has 0 saturated heterocycles. The van der Waals surface area contributed by atoms with Gasteiger partial charge >= 0.3 is 0 Å². The zero-order valence-electron chi connectivity index (χ0n) is 10.9. The van der Waals surface area contributed by atoms with E-state index < -0.39 is 0 Å². The highest BCUT2D eigenvalue weighted by atomic mass is 35.5. The van der Waals surface area contributed by atoms with Gasteiger partial charge in [-0.1, -0.05) is 32.0 Å². The lowest BCUT2D eigenvalue weighted by Crippen LogP contribution is -2.08. The molecular formula is C15H23Cl. The Hall–Kier alpha value is -0.490. The van der Waals surface area contributed by atoms with E-state index in [1.165, 1.54) is 23.1 Å². The van der Waals surface area contributed by atoms with Crippen molar-refractivity contribution >= 4 is 11.6 Å². The van der Waals surface area contributed by atoms with Crippen LogP contribution in [0.2, 0.25) is 0 Å². The van der Waals surface area contributed by atoms with Gasteiger partial charge in [0.15, 0.2) is 0 Å². The number of aryl methyl sites for hydroxylation is 2. The van der Waals surface area contributed by atoms with Crippen molar-refractivity contribution in [1.29, 1.82) is 0 Å². The fourth-order valence-electron chi connectivity index (χ4n) is 2.05. The van der Waals surface area contributed by atoms with Gasteiger partial charge in [0.05, 0.1) is 0 Å². The molecule has 0 radical (unpaired) electrons. The van der Waals surface area contributed by atoms with E-state index in [4.69, 9.17) is 11.6 Å². The van der Waals surface area contributed by atoms with E-state index in [0.29, 0.717) is 11.3 Å². The topological polar surface area (TPSA) is 0 Å². The monoisotopic (exact) mass is 238 g/mol. The van der Waals surface area contributed by atoms with Crippen LogP contribution in [-0.4, -0.2) is 5.38 Å². The van der Waals surface area contributed by atoms with Gasteiger partial charge < -0.3 is 0 Å². The molecule has 0 bridgehead atoms. The SMILES string of the molecule is Cc1cccc(C)c1CCCC(Cl)C(C)C. The third-order valence-electron chi connectivity index (χ3n) is 3.27. The molecule has 1 atom stereocenters. The smallest absolute Gasteiger partial charge is 0.0359 e. The number of benzene rings is 1. The highest BCUT2D eigenvalue weighted by Gasteiger charge is 2.09. The average Bonchev–Trinajstić information content (AvgIpc) is 2.22. The summed E-state index contributed by atoms with van der Waals surface area (Å²) in [5, 5.41) is 0.323. The molecule has 0 aliphatic carbocycles. The maximum absolute atomic E-state index is 6.26. The van der Waals surface area contributed by atoms with Crippen molar-refractivity contribution < 1.29 is 0 Å². The van der Waals surface area contributed by atoms with Gasteiger partial charge in [0, 0.05) is 5.38 Å². The van der Waals surface area contributed by atoms with Crippen LogP contribution in [0.5, 0.6) is 0 Å². The molecule has 0 saturated carbocycles. The fourth-order valence-corrected chi connectivity index (χ4v) is 2.20. The summed E-state index contributed by atoms with van der Waals surface area (Å²) in [6, 6.07) is 6.53. The zero-order valence-corrected chi connectivity index (χ0v) is 11.6. The van der Waals surface area contributed by atoms with Crippen molar-refractivity contribution in [1.82, 2.24) is 0 Å². The molecule has 0 fully saturated rings. The second-order valence-corrected chi connectivity index (χ2v) is 5.58. The van der Waals surface area contributed by atoms with Gasteiger partial charge in [0.25, 0.3) is 0 Å². The van der Waals surface area contributed by atoms with Crippen molar-refractivity contribution in [2.45, 2.75) is 52.3 Å². The van der Waals surface area contributed by atoms with Gasteiger partial charge in [0.2, 0.25) is 0 Å². The van der Waals surface area contributed by atoms with E-state index in [0.717, 1.165) is 12.8 Å². The summed E-state index contributed by atoms with van der Waals surface area (Å²) in [7, 11) is 0. The molecule has 0 aliphatic heterocycles. The van der Waals surface area contributed by atoms with Gasteiger partial charge in [-0.2, -0.15) is 0 Å². The van der Waals surface area contributed by atoms with E-state index in [-0.39, 0.29) is 0 Å². The third kappa shape index (κ3) is 3.83. The first-order valence-corrected chi connectivity index (χ1v) is 6.65. The highest BCUT2D eigenvalue weighted by molar-refractivity contribution is 6.20. The molecule has 0 N–H and O–H groups in total. The third-order valence-corrected chi connectivity index (χ3v) is 4.00. The van der Waals surface area contributed by atoms with Crippen LogP contribution in [0.15, 0.2) is 18.2 Å². The summed E-state index contributed by atoms with van der Waals surface area (Å²) in [5.41, 5.74) is 4.33. The summed E-state index contributed by atoms with van der Waals surface area (Å²) in [6.45, 7) is 8.78. The molecule has 1 aromatic carbocycles. The minimum atomic E-state index is 0.323. The number of hydrogen-bond donors (Lipinski definition) is 0. The molecule has 1 unspecified atom stereocenters. The number of hydrogen-bond acceptors (Lipinski definition) is 0. The Kier molecular flexibility index (Phi) is 5.34. The standard InChI is InChI=1S/C15H23Cl/c1-11(2)15(16)10-6-9-14-12(3)7-5-8-13(14)4/h5,7-8,11,15H,6,9-10H2,1-4H3. The molecular weight excluding hydrogens is 216 g/mol. The molecule has 0 heterocycles. The molecule has 0 aliphatic rings. The second-order valence-electron chi connectivity index (χ2n) is 5.02. The Morgan fingerprint density at radius 2 is 1.69 bits per heavy atom. The summed E-state index contributed by atoms with van der Waals surface area (Å²) < 4.78 is 0. The summed E-state index contributed by atoms with van der Waals surface area (Å²) >= 11 is 6.26. The zero-order chi connectivity index (χ0) is 12.1. The predicted octanol–water partition coefficient (Wildman–Crippen LogP) is 4.89. The Labute approximate surface area is 105 Å². The molecule has 0 amide bonds. The van der Waals surface area contributed by atoms with Crippen molar-refractivity contribution in [3.8, 4) is 0 Å². The van der Waals surface area contributed by atoms with E-state index in [1.807, 2.05) is 0 Å². The van der Waals surface area contributed by atoms with Crippen LogP contribution >= 0.6 is 11.6 Å². The molecule has 1 rings (SSSR count). The van der Waals surface area contributed by atoms with E-state index in [9.17, 15) is 0 Å². The van der Waals surface area contributed by atoms with Crippen LogP contribution < -0.4 is 0 Å². The van der Waals surface area contributed by atoms with Crippen LogP contribution in [-0.2, 0) is 6.42 Å². The minimum absolute atomic E-state index is 0.323. The maximum atomic E-state index is 6.26. The van der Waals surface area contributed by atoms with Gasteiger partial charge in [-0.05, 0) is 55.7 Å². The summed E-state index contributed by atoms with van der Waals surface area (Å²) in [6.07, 6.45) is 3.47.